The average molecular weight is 238 g/mol. The molecule has 2 atom stereocenters. The van der Waals surface area contributed by atoms with Crippen molar-refractivity contribution in [3.05, 3.63) is 0 Å². The fourth-order valence-electron chi connectivity index (χ4n) is 3.63. The Balaban J connectivity index is 1.88. The molecule has 1 N–H and O–H groups in total. The van der Waals surface area contributed by atoms with Crippen LogP contribution in [0, 0.1) is 5.41 Å². The van der Waals surface area contributed by atoms with E-state index in [9.17, 15) is 0 Å². The number of piperazine rings is 1. The van der Waals surface area contributed by atoms with Crippen LogP contribution in [0.3, 0.4) is 0 Å². The molecule has 0 aromatic carbocycles. The summed E-state index contributed by atoms with van der Waals surface area (Å²) in [6.45, 7) is 11.0. The number of rotatable bonds is 4. The summed E-state index contributed by atoms with van der Waals surface area (Å²) >= 11 is 0. The van der Waals surface area contributed by atoms with Crippen molar-refractivity contribution in [2.45, 2.75) is 71.4 Å². The van der Waals surface area contributed by atoms with Gasteiger partial charge in [-0.2, -0.15) is 0 Å². The maximum Gasteiger partial charge on any atom is 0.0195 e. The van der Waals surface area contributed by atoms with E-state index < -0.39 is 0 Å². The summed E-state index contributed by atoms with van der Waals surface area (Å²) in [6, 6.07) is 1.46. The van der Waals surface area contributed by atoms with Gasteiger partial charge in [0, 0.05) is 31.7 Å². The van der Waals surface area contributed by atoms with Crippen LogP contribution < -0.4 is 5.32 Å². The second-order valence-electron chi connectivity index (χ2n) is 6.69. The van der Waals surface area contributed by atoms with Gasteiger partial charge in [-0.1, -0.05) is 33.1 Å². The predicted molar refractivity (Wildman–Crippen MR) is 74.3 cm³/mol. The van der Waals surface area contributed by atoms with Crippen LogP contribution in [0.2, 0.25) is 0 Å². The van der Waals surface area contributed by atoms with E-state index in [1.165, 1.54) is 58.2 Å². The lowest BCUT2D eigenvalue weighted by atomic mass is 9.87. The third kappa shape index (κ3) is 3.45. The number of nitrogens with one attached hydrogen (secondary N) is 1. The topological polar surface area (TPSA) is 15.3 Å². The van der Waals surface area contributed by atoms with Gasteiger partial charge < -0.3 is 5.32 Å². The minimum atomic E-state index is 0.613. The highest BCUT2D eigenvalue weighted by Gasteiger charge is 2.34. The molecule has 1 saturated carbocycles. The van der Waals surface area contributed by atoms with Gasteiger partial charge in [-0.15, -0.1) is 0 Å². The van der Waals surface area contributed by atoms with E-state index in [-0.39, 0.29) is 0 Å². The van der Waals surface area contributed by atoms with E-state index in [2.05, 4.69) is 31.0 Å². The molecule has 0 radical (unpaired) electrons. The lowest BCUT2D eigenvalue weighted by molar-refractivity contribution is 0.0852. The van der Waals surface area contributed by atoms with Gasteiger partial charge in [0.25, 0.3) is 0 Å². The second-order valence-corrected chi connectivity index (χ2v) is 6.69. The van der Waals surface area contributed by atoms with Gasteiger partial charge >= 0.3 is 0 Å². The molecule has 2 heteroatoms. The van der Waals surface area contributed by atoms with E-state index in [0.717, 1.165) is 12.1 Å². The number of hydrogen-bond acceptors (Lipinski definition) is 2. The van der Waals surface area contributed by atoms with Crippen LogP contribution >= 0.6 is 0 Å². The first kappa shape index (κ1) is 13.4. The van der Waals surface area contributed by atoms with Gasteiger partial charge in [0.2, 0.25) is 0 Å². The van der Waals surface area contributed by atoms with Crippen LogP contribution in [-0.4, -0.2) is 36.6 Å². The Labute approximate surface area is 107 Å². The Morgan fingerprint density at radius 3 is 2.65 bits per heavy atom. The molecule has 17 heavy (non-hydrogen) atoms. The summed E-state index contributed by atoms with van der Waals surface area (Å²) in [7, 11) is 0. The molecule has 0 aromatic rings. The Bertz CT molecular complexity index is 233. The molecule has 1 heterocycles. The minimum absolute atomic E-state index is 0.613. The zero-order valence-electron chi connectivity index (χ0n) is 12.0. The molecule has 2 aliphatic rings. The van der Waals surface area contributed by atoms with E-state index in [4.69, 9.17) is 0 Å². The van der Waals surface area contributed by atoms with E-state index >= 15 is 0 Å². The third-order valence-corrected chi connectivity index (χ3v) is 4.81. The molecule has 2 unspecified atom stereocenters. The van der Waals surface area contributed by atoms with Crippen molar-refractivity contribution >= 4 is 0 Å². The fraction of sp³-hybridized carbons (Fsp3) is 1.00. The summed E-state index contributed by atoms with van der Waals surface area (Å²) in [6.07, 6.45) is 8.44. The van der Waals surface area contributed by atoms with Crippen molar-refractivity contribution in [1.82, 2.24) is 10.2 Å². The molecule has 1 aliphatic carbocycles. The zero-order valence-corrected chi connectivity index (χ0v) is 12.0. The molecule has 0 bridgehead atoms. The summed E-state index contributed by atoms with van der Waals surface area (Å²) in [5.41, 5.74) is 0.613. The van der Waals surface area contributed by atoms with E-state index in [1.54, 1.807) is 0 Å². The number of hydrogen-bond donors (Lipinski definition) is 1. The zero-order chi connectivity index (χ0) is 12.3. The summed E-state index contributed by atoms with van der Waals surface area (Å²) in [5, 5.41) is 3.70. The first-order valence-electron chi connectivity index (χ1n) is 7.60. The van der Waals surface area contributed by atoms with Crippen molar-refractivity contribution in [3.63, 3.8) is 0 Å². The molecule has 1 aliphatic heterocycles. The quantitative estimate of drug-likeness (QED) is 0.810. The molecule has 2 nitrogen and oxygen atoms in total. The van der Waals surface area contributed by atoms with E-state index in [1.807, 2.05) is 0 Å². The first-order valence-corrected chi connectivity index (χ1v) is 7.60. The Morgan fingerprint density at radius 2 is 2.00 bits per heavy atom. The average Bonchev–Trinajstić information content (AvgIpc) is 2.70. The molecule has 2 fully saturated rings. The molecule has 2 rings (SSSR count). The first-order chi connectivity index (χ1) is 8.13. The van der Waals surface area contributed by atoms with Gasteiger partial charge in [-0.05, 0) is 31.6 Å². The van der Waals surface area contributed by atoms with Gasteiger partial charge in [0.05, 0.1) is 0 Å². The van der Waals surface area contributed by atoms with Gasteiger partial charge in [0.15, 0.2) is 0 Å². The highest BCUT2D eigenvalue weighted by atomic mass is 15.2. The van der Waals surface area contributed by atoms with E-state index in [0.29, 0.717) is 5.41 Å². The lowest BCUT2D eigenvalue weighted by Gasteiger charge is -2.42. The predicted octanol–water partition coefficient (Wildman–Crippen LogP) is 3.03. The highest BCUT2D eigenvalue weighted by Crippen LogP contribution is 2.38. The third-order valence-electron chi connectivity index (χ3n) is 4.81. The standard InChI is InChI=1S/C15H30N2/c1-4-7-14-11-17(13(2)10-16-14)12-15(3)8-5-6-9-15/h13-14,16H,4-12H2,1-3H3. The highest BCUT2D eigenvalue weighted by molar-refractivity contribution is 4.90. The van der Waals surface area contributed by atoms with Crippen molar-refractivity contribution < 1.29 is 0 Å². The van der Waals surface area contributed by atoms with Gasteiger partial charge in [-0.25, -0.2) is 0 Å². The minimum Gasteiger partial charge on any atom is -0.311 e. The van der Waals surface area contributed by atoms with Gasteiger partial charge in [-0.3, -0.25) is 4.90 Å². The molecule has 100 valence electrons. The molecular formula is C15H30N2. The summed E-state index contributed by atoms with van der Waals surface area (Å²) in [5.74, 6) is 0. The van der Waals surface area contributed by atoms with Crippen LogP contribution in [0.1, 0.15) is 59.3 Å². The van der Waals surface area contributed by atoms with Crippen molar-refractivity contribution in [2.24, 2.45) is 5.41 Å². The van der Waals surface area contributed by atoms with Crippen LogP contribution in [0.15, 0.2) is 0 Å². The number of nitrogens with zero attached hydrogens (tertiary/aromatic N) is 1. The van der Waals surface area contributed by atoms with Crippen molar-refractivity contribution in [2.75, 3.05) is 19.6 Å². The largest absolute Gasteiger partial charge is 0.311 e. The van der Waals surface area contributed by atoms with Crippen LogP contribution in [0.5, 0.6) is 0 Å². The van der Waals surface area contributed by atoms with Crippen molar-refractivity contribution in [1.29, 1.82) is 0 Å². The normalized spacial score (nSPS) is 34.1. The summed E-state index contributed by atoms with van der Waals surface area (Å²) < 4.78 is 0. The van der Waals surface area contributed by atoms with Crippen LogP contribution in [0.25, 0.3) is 0 Å². The van der Waals surface area contributed by atoms with Crippen LogP contribution in [-0.2, 0) is 0 Å². The summed E-state index contributed by atoms with van der Waals surface area (Å²) in [4.78, 5) is 2.75. The monoisotopic (exact) mass is 238 g/mol. The Kier molecular flexibility index (Phi) is 4.48. The molecule has 0 aromatic heterocycles. The lowest BCUT2D eigenvalue weighted by Crippen LogP contribution is -2.57. The maximum atomic E-state index is 3.70. The molecule has 0 amide bonds. The smallest absolute Gasteiger partial charge is 0.0195 e. The molecular weight excluding hydrogens is 208 g/mol. The van der Waals surface area contributed by atoms with Crippen molar-refractivity contribution in [3.8, 4) is 0 Å². The Morgan fingerprint density at radius 1 is 1.29 bits per heavy atom. The fourth-order valence-corrected chi connectivity index (χ4v) is 3.63. The van der Waals surface area contributed by atoms with Gasteiger partial charge in [0.1, 0.15) is 0 Å². The Hall–Kier alpha value is -0.0800. The maximum absolute atomic E-state index is 3.70. The van der Waals surface area contributed by atoms with Crippen LogP contribution in [0.4, 0.5) is 0 Å². The molecule has 0 spiro atoms. The SMILES string of the molecule is CCCC1CN(CC2(C)CCCC2)C(C)CN1. The second kappa shape index (κ2) is 5.71. The molecule has 1 saturated heterocycles.